The van der Waals surface area contributed by atoms with E-state index < -0.39 is 9.84 Å². The van der Waals surface area contributed by atoms with E-state index >= 15 is 0 Å². The Bertz CT molecular complexity index is 630. The van der Waals surface area contributed by atoms with Gasteiger partial charge in [0.1, 0.15) is 0 Å². The third-order valence-electron chi connectivity index (χ3n) is 3.83. The number of hydrogen-bond donors (Lipinski definition) is 1. The second kappa shape index (κ2) is 7.11. The van der Waals surface area contributed by atoms with Crippen molar-refractivity contribution in [1.82, 2.24) is 4.90 Å². The quantitative estimate of drug-likeness (QED) is 0.893. The van der Waals surface area contributed by atoms with Gasteiger partial charge >= 0.3 is 6.03 Å². The molecule has 0 saturated carbocycles. The Balaban J connectivity index is 2.11. The van der Waals surface area contributed by atoms with Crippen molar-refractivity contribution in [2.24, 2.45) is 0 Å². The molecule has 1 unspecified atom stereocenters. The Morgan fingerprint density at radius 3 is 2.73 bits per heavy atom. The van der Waals surface area contributed by atoms with Crippen LogP contribution in [0.3, 0.4) is 0 Å². The topological polar surface area (TPSA) is 75.7 Å². The van der Waals surface area contributed by atoms with Crippen molar-refractivity contribution in [2.45, 2.75) is 19.4 Å². The minimum Gasteiger partial charge on any atom is -0.383 e. The van der Waals surface area contributed by atoms with E-state index in [0.717, 1.165) is 11.3 Å². The number of sulfone groups is 1. The molecule has 0 aromatic heterocycles. The minimum absolute atomic E-state index is 0.0257. The maximum absolute atomic E-state index is 12.5. The van der Waals surface area contributed by atoms with Crippen LogP contribution in [0.5, 0.6) is 0 Å². The van der Waals surface area contributed by atoms with Crippen molar-refractivity contribution in [1.29, 1.82) is 0 Å². The second-order valence-corrected chi connectivity index (χ2v) is 7.72. The molecule has 7 heteroatoms. The van der Waals surface area contributed by atoms with Crippen LogP contribution in [0.15, 0.2) is 24.3 Å². The maximum atomic E-state index is 12.5. The fraction of sp³-hybridized carbons (Fsp3) is 0.533. The number of amides is 2. The lowest BCUT2D eigenvalue weighted by molar-refractivity contribution is 0.140. The van der Waals surface area contributed by atoms with Crippen molar-refractivity contribution in [2.75, 3.05) is 37.1 Å². The van der Waals surface area contributed by atoms with Gasteiger partial charge in [0.15, 0.2) is 9.84 Å². The number of anilines is 1. The van der Waals surface area contributed by atoms with Gasteiger partial charge in [-0.15, -0.1) is 0 Å². The van der Waals surface area contributed by atoms with Gasteiger partial charge in [0.2, 0.25) is 0 Å². The van der Waals surface area contributed by atoms with Crippen LogP contribution in [0.2, 0.25) is 0 Å². The van der Waals surface area contributed by atoms with E-state index in [2.05, 4.69) is 5.32 Å². The van der Waals surface area contributed by atoms with Crippen LogP contribution in [-0.2, 0) is 14.6 Å². The number of nitrogens with one attached hydrogen (secondary N) is 1. The molecule has 1 aliphatic heterocycles. The molecule has 122 valence electrons. The SMILES string of the molecule is COCCN(C(=O)Nc1ccccc1C)C1CCS(=O)(=O)C1. The van der Waals surface area contributed by atoms with E-state index in [1.165, 1.54) is 0 Å². The highest BCUT2D eigenvalue weighted by molar-refractivity contribution is 7.91. The highest BCUT2D eigenvalue weighted by atomic mass is 32.2. The average Bonchev–Trinajstić information content (AvgIpc) is 2.82. The molecule has 1 aromatic rings. The standard InChI is InChI=1S/C15H22N2O4S/c1-12-5-3-4-6-14(12)16-15(18)17(8-9-21-2)13-7-10-22(19,20)11-13/h3-6,13H,7-11H2,1-2H3,(H,16,18). The zero-order valence-electron chi connectivity index (χ0n) is 12.9. The van der Waals surface area contributed by atoms with E-state index in [0.29, 0.717) is 19.6 Å². The fourth-order valence-electron chi connectivity index (χ4n) is 2.56. The summed E-state index contributed by atoms with van der Waals surface area (Å²) >= 11 is 0. The Labute approximate surface area is 131 Å². The molecule has 0 aliphatic carbocycles. The van der Waals surface area contributed by atoms with E-state index in [1.54, 1.807) is 12.0 Å². The number of para-hydroxylation sites is 1. The molecule has 0 bridgehead atoms. The van der Waals surface area contributed by atoms with Crippen LogP contribution >= 0.6 is 0 Å². The Kier molecular flexibility index (Phi) is 5.42. The lowest BCUT2D eigenvalue weighted by Crippen LogP contribution is -2.45. The van der Waals surface area contributed by atoms with Crippen LogP contribution < -0.4 is 5.32 Å². The van der Waals surface area contributed by atoms with E-state index in [1.807, 2.05) is 31.2 Å². The molecule has 1 saturated heterocycles. The summed E-state index contributed by atoms with van der Waals surface area (Å²) in [5.74, 6) is 0.163. The molecule has 0 radical (unpaired) electrons. The number of ether oxygens (including phenoxy) is 1. The lowest BCUT2D eigenvalue weighted by atomic mass is 10.2. The van der Waals surface area contributed by atoms with Gasteiger partial charge in [0.05, 0.1) is 18.1 Å². The number of carbonyl (C=O) groups excluding carboxylic acids is 1. The summed E-state index contributed by atoms with van der Waals surface area (Å²) in [7, 11) is -1.48. The molecule has 2 amide bonds. The zero-order valence-corrected chi connectivity index (χ0v) is 13.7. The van der Waals surface area contributed by atoms with Gasteiger partial charge in [-0.05, 0) is 25.0 Å². The average molecular weight is 326 g/mol. The monoisotopic (exact) mass is 326 g/mol. The van der Waals surface area contributed by atoms with Crippen molar-refractivity contribution in [3.8, 4) is 0 Å². The molecular weight excluding hydrogens is 304 g/mol. The van der Waals surface area contributed by atoms with Gasteiger partial charge in [0, 0.05) is 25.4 Å². The van der Waals surface area contributed by atoms with Gasteiger partial charge in [-0.25, -0.2) is 13.2 Å². The highest BCUT2D eigenvalue weighted by Gasteiger charge is 2.34. The van der Waals surface area contributed by atoms with Crippen LogP contribution in [-0.4, -0.2) is 57.2 Å². The second-order valence-electron chi connectivity index (χ2n) is 5.49. The molecule has 1 fully saturated rings. The van der Waals surface area contributed by atoms with Crippen molar-refractivity contribution in [3.63, 3.8) is 0 Å². The molecule has 1 heterocycles. The highest BCUT2D eigenvalue weighted by Crippen LogP contribution is 2.20. The minimum atomic E-state index is -3.04. The summed E-state index contributed by atoms with van der Waals surface area (Å²) in [6, 6.07) is 6.92. The summed E-state index contributed by atoms with van der Waals surface area (Å²) in [6.45, 7) is 2.65. The summed E-state index contributed by atoms with van der Waals surface area (Å²) in [6.07, 6.45) is 0.479. The van der Waals surface area contributed by atoms with E-state index in [4.69, 9.17) is 4.74 Å². The predicted octanol–water partition coefficient (Wildman–Crippen LogP) is 1.66. The number of urea groups is 1. The molecule has 1 atom stereocenters. The Morgan fingerprint density at radius 2 is 2.14 bits per heavy atom. The Hall–Kier alpha value is -1.60. The summed E-state index contributed by atoms with van der Waals surface area (Å²) in [5.41, 5.74) is 1.69. The van der Waals surface area contributed by atoms with Crippen molar-refractivity contribution in [3.05, 3.63) is 29.8 Å². The van der Waals surface area contributed by atoms with Gasteiger partial charge in [-0.3, -0.25) is 0 Å². The lowest BCUT2D eigenvalue weighted by Gasteiger charge is -2.28. The molecule has 6 nitrogen and oxygen atoms in total. The number of carbonyl (C=O) groups is 1. The summed E-state index contributed by atoms with van der Waals surface area (Å²) in [4.78, 5) is 14.1. The van der Waals surface area contributed by atoms with Gasteiger partial charge < -0.3 is 15.0 Å². The third-order valence-corrected chi connectivity index (χ3v) is 5.58. The van der Waals surface area contributed by atoms with Gasteiger partial charge in [0.25, 0.3) is 0 Å². The van der Waals surface area contributed by atoms with Crippen LogP contribution in [0.4, 0.5) is 10.5 Å². The van der Waals surface area contributed by atoms with E-state index in [9.17, 15) is 13.2 Å². The molecular formula is C15H22N2O4S. The van der Waals surface area contributed by atoms with E-state index in [-0.39, 0.29) is 23.6 Å². The van der Waals surface area contributed by atoms with Crippen LogP contribution in [0.25, 0.3) is 0 Å². The molecule has 1 N–H and O–H groups in total. The van der Waals surface area contributed by atoms with Crippen LogP contribution in [0.1, 0.15) is 12.0 Å². The molecule has 22 heavy (non-hydrogen) atoms. The molecule has 1 aromatic carbocycles. The predicted molar refractivity (Wildman–Crippen MR) is 85.8 cm³/mol. The first kappa shape index (κ1) is 16.8. The number of methoxy groups -OCH3 is 1. The number of benzene rings is 1. The number of nitrogens with zero attached hydrogens (tertiary/aromatic N) is 1. The first-order valence-corrected chi connectivity index (χ1v) is 9.07. The van der Waals surface area contributed by atoms with Gasteiger partial charge in [-0.1, -0.05) is 18.2 Å². The molecule has 2 rings (SSSR count). The number of rotatable bonds is 5. The summed E-state index contributed by atoms with van der Waals surface area (Å²) in [5, 5.41) is 2.86. The largest absolute Gasteiger partial charge is 0.383 e. The maximum Gasteiger partial charge on any atom is 0.322 e. The number of hydrogen-bond acceptors (Lipinski definition) is 4. The van der Waals surface area contributed by atoms with Crippen molar-refractivity contribution >= 4 is 21.6 Å². The Morgan fingerprint density at radius 1 is 1.41 bits per heavy atom. The molecule has 0 spiro atoms. The first-order valence-electron chi connectivity index (χ1n) is 7.25. The van der Waals surface area contributed by atoms with Crippen molar-refractivity contribution < 1.29 is 17.9 Å². The third kappa shape index (κ3) is 4.20. The van der Waals surface area contributed by atoms with Crippen LogP contribution in [0, 0.1) is 6.92 Å². The summed E-state index contributed by atoms with van der Waals surface area (Å²) < 4.78 is 28.4. The first-order chi connectivity index (χ1) is 10.4. The normalized spacial score (nSPS) is 19.8. The zero-order chi connectivity index (χ0) is 16.2. The molecule has 1 aliphatic rings. The fourth-order valence-corrected chi connectivity index (χ4v) is 4.29. The van der Waals surface area contributed by atoms with Gasteiger partial charge in [-0.2, -0.15) is 0 Å². The smallest absolute Gasteiger partial charge is 0.322 e. The number of aryl methyl sites for hydroxylation is 1.